The molecule has 0 N–H and O–H groups in total. The largest absolute Gasteiger partial charge is 0.355 e. The highest BCUT2D eigenvalue weighted by Crippen LogP contribution is 2.22. The summed E-state index contributed by atoms with van der Waals surface area (Å²) >= 11 is 0. The summed E-state index contributed by atoms with van der Waals surface area (Å²) in [6, 6.07) is 8.60. The van der Waals surface area contributed by atoms with Gasteiger partial charge in [0.05, 0.1) is 5.69 Å². The number of aryl methyl sites for hydroxylation is 1. The highest BCUT2D eigenvalue weighted by molar-refractivity contribution is 5.76. The number of nitrogens with zero attached hydrogens (tertiary/aromatic N) is 5. The number of carbonyl (C=O) groups is 1. The standard InChI is InChI=1S/C19H27N5O/c1-15-6-7-18(21-20-15)22(3)17-8-12-24(13-9-17)19(25)14-16(2)23-10-4-5-11-23/h4-7,10-11,16-17H,8-9,12-14H2,1-3H3. The number of likely N-dealkylation sites (tertiary alicyclic amines) is 1. The van der Waals surface area contributed by atoms with Crippen molar-refractivity contribution >= 4 is 11.7 Å². The predicted molar refractivity (Wildman–Crippen MR) is 98.5 cm³/mol. The fourth-order valence-electron chi connectivity index (χ4n) is 3.40. The minimum atomic E-state index is 0.200. The quantitative estimate of drug-likeness (QED) is 0.839. The fraction of sp³-hybridized carbons (Fsp3) is 0.526. The highest BCUT2D eigenvalue weighted by Gasteiger charge is 2.26. The molecule has 3 rings (SSSR count). The number of aromatic nitrogens is 3. The smallest absolute Gasteiger partial charge is 0.224 e. The van der Waals surface area contributed by atoms with E-state index >= 15 is 0 Å². The van der Waals surface area contributed by atoms with Gasteiger partial charge in [-0.25, -0.2) is 0 Å². The molecular weight excluding hydrogens is 314 g/mol. The Morgan fingerprint density at radius 1 is 1.24 bits per heavy atom. The maximum absolute atomic E-state index is 12.6. The van der Waals surface area contributed by atoms with E-state index < -0.39 is 0 Å². The van der Waals surface area contributed by atoms with Crippen molar-refractivity contribution in [1.82, 2.24) is 19.7 Å². The Morgan fingerprint density at radius 3 is 2.52 bits per heavy atom. The summed E-state index contributed by atoms with van der Waals surface area (Å²) in [5.41, 5.74) is 0.925. The maximum atomic E-state index is 12.6. The Morgan fingerprint density at radius 2 is 1.92 bits per heavy atom. The third-order valence-corrected chi connectivity index (χ3v) is 5.12. The summed E-state index contributed by atoms with van der Waals surface area (Å²) in [5, 5.41) is 8.40. The van der Waals surface area contributed by atoms with E-state index in [4.69, 9.17) is 0 Å². The van der Waals surface area contributed by atoms with Crippen molar-refractivity contribution < 1.29 is 4.79 Å². The van der Waals surface area contributed by atoms with Crippen LogP contribution in [-0.2, 0) is 4.79 Å². The molecular formula is C19H27N5O. The molecule has 1 aliphatic rings. The van der Waals surface area contributed by atoms with E-state index in [0.717, 1.165) is 37.4 Å². The first-order valence-corrected chi connectivity index (χ1v) is 8.98. The highest BCUT2D eigenvalue weighted by atomic mass is 16.2. The molecule has 134 valence electrons. The minimum absolute atomic E-state index is 0.200. The summed E-state index contributed by atoms with van der Waals surface area (Å²) < 4.78 is 2.09. The summed E-state index contributed by atoms with van der Waals surface area (Å²) in [7, 11) is 2.07. The molecule has 0 aromatic carbocycles. The molecule has 0 radical (unpaired) electrons. The van der Waals surface area contributed by atoms with Gasteiger partial charge in [0.2, 0.25) is 5.91 Å². The van der Waals surface area contributed by atoms with Crippen molar-refractivity contribution in [1.29, 1.82) is 0 Å². The summed E-state index contributed by atoms with van der Waals surface area (Å²) in [6.45, 7) is 5.65. The molecule has 1 aliphatic heterocycles. The van der Waals surface area contributed by atoms with Crippen LogP contribution >= 0.6 is 0 Å². The average Bonchev–Trinajstić information content (AvgIpc) is 3.17. The molecule has 6 nitrogen and oxygen atoms in total. The molecule has 0 aliphatic carbocycles. The zero-order valence-electron chi connectivity index (χ0n) is 15.3. The number of piperidine rings is 1. The lowest BCUT2D eigenvalue weighted by atomic mass is 10.0. The first-order valence-electron chi connectivity index (χ1n) is 8.98. The van der Waals surface area contributed by atoms with Gasteiger partial charge in [0, 0.05) is 51.0 Å². The average molecular weight is 341 g/mol. The lowest BCUT2D eigenvalue weighted by molar-refractivity contribution is -0.132. The summed E-state index contributed by atoms with van der Waals surface area (Å²) in [6.07, 6.45) is 6.52. The summed E-state index contributed by atoms with van der Waals surface area (Å²) in [4.78, 5) is 16.8. The van der Waals surface area contributed by atoms with Gasteiger partial charge in [0.1, 0.15) is 0 Å². The third kappa shape index (κ3) is 4.18. The van der Waals surface area contributed by atoms with Gasteiger partial charge in [-0.1, -0.05) is 0 Å². The molecule has 3 heterocycles. The second-order valence-electron chi connectivity index (χ2n) is 6.94. The van der Waals surface area contributed by atoms with Crippen molar-refractivity contribution in [2.75, 3.05) is 25.0 Å². The Kier molecular flexibility index (Phi) is 5.36. The first-order chi connectivity index (χ1) is 12.0. The number of anilines is 1. The van der Waals surface area contributed by atoms with E-state index in [1.807, 2.05) is 48.5 Å². The topological polar surface area (TPSA) is 54.3 Å². The second-order valence-corrected chi connectivity index (χ2v) is 6.94. The van der Waals surface area contributed by atoms with Gasteiger partial charge in [0.15, 0.2) is 5.82 Å². The number of hydrogen-bond donors (Lipinski definition) is 0. The Labute approximate surface area is 149 Å². The van der Waals surface area contributed by atoms with E-state index in [-0.39, 0.29) is 11.9 Å². The third-order valence-electron chi connectivity index (χ3n) is 5.12. The van der Waals surface area contributed by atoms with E-state index in [1.54, 1.807) is 0 Å². The first kappa shape index (κ1) is 17.5. The van der Waals surface area contributed by atoms with Gasteiger partial charge in [0.25, 0.3) is 0 Å². The Balaban J connectivity index is 1.51. The van der Waals surface area contributed by atoms with Gasteiger partial charge in [-0.3, -0.25) is 4.79 Å². The summed E-state index contributed by atoms with van der Waals surface area (Å²) in [5.74, 6) is 1.15. The number of amides is 1. The van der Waals surface area contributed by atoms with Crippen LogP contribution in [0.1, 0.15) is 37.9 Å². The fourth-order valence-corrected chi connectivity index (χ4v) is 3.40. The number of rotatable bonds is 5. The normalized spacial score (nSPS) is 16.7. The van der Waals surface area contributed by atoms with Crippen LogP contribution in [0, 0.1) is 6.92 Å². The van der Waals surface area contributed by atoms with Crippen LogP contribution in [0.5, 0.6) is 0 Å². The molecule has 2 aromatic rings. The molecule has 25 heavy (non-hydrogen) atoms. The van der Waals surface area contributed by atoms with E-state index in [2.05, 4.69) is 33.6 Å². The number of carbonyl (C=O) groups excluding carboxylic acids is 1. The number of hydrogen-bond acceptors (Lipinski definition) is 4. The predicted octanol–water partition coefficient (Wildman–Crippen LogP) is 2.67. The van der Waals surface area contributed by atoms with Crippen molar-refractivity contribution in [2.24, 2.45) is 0 Å². The van der Waals surface area contributed by atoms with E-state index in [1.165, 1.54) is 0 Å². The van der Waals surface area contributed by atoms with Crippen LogP contribution in [0.4, 0.5) is 5.82 Å². The second kappa shape index (κ2) is 7.68. The molecule has 1 saturated heterocycles. The van der Waals surface area contributed by atoms with Gasteiger partial charge in [-0.2, -0.15) is 5.10 Å². The monoisotopic (exact) mass is 341 g/mol. The van der Waals surface area contributed by atoms with Crippen LogP contribution in [0.15, 0.2) is 36.7 Å². The van der Waals surface area contributed by atoms with E-state index in [0.29, 0.717) is 12.5 Å². The maximum Gasteiger partial charge on any atom is 0.224 e. The van der Waals surface area contributed by atoms with Crippen molar-refractivity contribution in [3.8, 4) is 0 Å². The molecule has 6 heteroatoms. The molecule has 0 saturated carbocycles. The molecule has 1 unspecified atom stereocenters. The van der Waals surface area contributed by atoms with Crippen molar-refractivity contribution in [2.45, 2.75) is 45.2 Å². The van der Waals surface area contributed by atoms with Gasteiger partial charge in [-0.05, 0) is 51.0 Å². The molecule has 2 aromatic heterocycles. The Bertz CT molecular complexity index is 674. The van der Waals surface area contributed by atoms with Crippen LogP contribution in [0.25, 0.3) is 0 Å². The molecule has 0 spiro atoms. The SMILES string of the molecule is Cc1ccc(N(C)C2CCN(C(=O)CC(C)n3cccc3)CC2)nn1. The molecule has 1 fully saturated rings. The van der Waals surface area contributed by atoms with Crippen LogP contribution in [0.3, 0.4) is 0 Å². The minimum Gasteiger partial charge on any atom is -0.355 e. The van der Waals surface area contributed by atoms with Crippen molar-refractivity contribution in [3.63, 3.8) is 0 Å². The van der Waals surface area contributed by atoms with Gasteiger partial charge >= 0.3 is 0 Å². The van der Waals surface area contributed by atoms with Crippen LogP contribution < -0.4 is 4.90 Å². The van der Waals surface area contributed by atoms with Crippen LogP contribution in [0.2, 0.25) is 0 Å². The zero-order chi connectivity index (χ0) is 17.8. The molecule has 0 bridgehead atoms. The molecule has 1 atom stereocenters. The van der Waals surface area contributed by atoms with E-state index in [9.17, 15) is 4.79 Å². The van der Waals surface area contributed by atoms with Gasteiger partial charge < -0.3 is 14.4 Å². The zero-order valence-corrected chi connectivity index (χ0v) is 15.3. The Hall–Kier alpha value is -2.37. The molecule has 1 amide bonds. The van der Waals surface area contributed by atoms with Crippen molar-refractivity contribution in [3.05, 3.63) is 42.4 Å². The lowest BCUT2D eigenvalue weighted by Crippen LogP contribution is -2.46. The van der Waals surface area contributed by atoms with Crippen LogP contribution in [-0.4, -0.2) is 51.8 Å². The lowest BCUT2D eigenvalue weighted by Gasteiger charge is -2.37. The van der Waals surface area contributed by atoms with Gasteiger partial charge in [-0.15, -0.1) is 5.10 Å².